The predicted octanol–water partition coefficient (Wildman–Crippen LogP) is 2.77. The molecule has 2 rings (SSSR count). The molecular weight excluding hydrogens is 152 g/mol. The zero-order chi connectivity index (χ0) is 8.55. The summed E-state index contributed by atoms with van der Waals surface area (Å²) in [5.41, 5.74) is 0. The van der Waals surface area contributed by atoms with Gasteiger partial charge in [0, 0.05) is 0 Å². The molecule has 12 heavy (non-hydrogen) atoms. The van der Waals surface area contributed by atoms with Gasteiger partial charge in [-0.2, -0.15) is 0 Å². The van der Waals surface area contributed by atoms with Crippen molar-refractivity contribution in [1.29, 1.82) is 0 Å². The van der Waals surface area contributed by atoms with E-state index in [1.54, 1.807) is 6.26 Å². The first-order chi connectivity index (χ1) is 5.77. The highest BCUT2D eigenvalue weighted by Crippen LogP contribution is 2.36. The molecular formula is C10H14O2. The smallest absolute Gasteiger partial charge is 0.132 e. The molecule has 1 aliphatic rings. The van der Waals surface area contributed by atoms with Gasteiger partial charge < -0.3 is 9.15 Å². The lowest BCUT2D eigenvalue weighted by atomic mass is 10.0. The fourth-order valence-corrected chi connectivity index (χ4v) is 1.64. The van der Waals surface area contributed by atoms with Gasteiger partial charge in [-0.25, -0.2) is 0 Å². The van der Waals surface area contributed by atoms with Crippen LogP contribution in [0.25, 0.3) is 0 Å². The molecule has 0 unspecified atom stereocenters. The lowest BCUT2D eigenvalue weighted by molar-refractivity contribution is 0.0354. The SMILES string of the molecule is C[C@@H]1C[C@H](c2ccco2)O[C@H]1C. The Balaban J connectivity index is 2.09. The average Bonchev–Trinajstić information content (AvgIpc) is 2.61. The van der Waals surface area contributed by atoms with Crippen LogP contribution in [-0.2, 0) is 4.74 Å². The van der Waals surface area contributed by atoms with E-state index in [9.17, 15) is 0 Å². The van der Waals surface area contributed by atoms with Gasteiger partial charge in [-0.15, -0.1) is 0 Å². The van der Waals surface area contributed by atoms with E-state index >= 15 is 0 Å². The average molecular weight is 166 g/mol. The van der Waals surface area contributed by atoms with Crippen LogP contribution in [0.4, 0.5) is 0 Å². The second kappa shape index (κ2) is 2.94. The van der Waals surface area contributed by atoms with Crippen molar-refractivity contribution in [2.45, 2.75) is 32.5 Å². The summed E-state index contributed by atoms with van der Waals surface area (Å²) in [5, 5.41) is 0. The van der Waals surface area contributed by atoms with Crippen LogP contribution in [0.3, 0.4) is 0 Å². The van der Waals surface area contributed by atoms with Gasteiger partial charge in [0.05, 0.1) is 12.4 Å². The lowest BCUT2D eigenvalue weighted by Crippen LogP contribution is -2.06. The first kappa shape index (κ1) is 7.87. The molecule has 1 fully saturated rings. The molecule has 0 saturated carbocycles. The Hall–Kier alpha value is -0.760. The molecule has 2 heteroatoms. The summed E-state index contributed by atoms with van der Waals surface area (Å²) in [4.78, 5) is 0. The van der Waals surface area contributed by atoms with E-state index in [2.05, 4.69) is 13.8 Å². The van der Waals surface area contributed by atoms with E-state index in [-0.39, 0.29) is 6.10 Å². The van der Waals surface area contributed by atoms with E-state index in [1.807, 2.05) is 12.1 Å². The van der Waals surface area contributed by atoms with E-state index in [1.165, 1.54) is 0 Å². The van der Waals surface area contributed by atoms with Gasteiger partial charge in [0.25, 0.3) is 0 Å². The van der Waals surface area contributed by atoms with Crippen molar-refractivity contribution in [3.63, 3.8) is 0 Å². The lowest BCUT2D eigenvalue weighted by Gasteiger charge is -2.07. The Morgan fingerprint density at radius 2 is 2.25 bits per heavy atom. The van der Waals surface area contributed by atoms with Crippen LogP contribution in [-0.4, -0.2) is 6.10 Å². The number of hydrogen-bond acceptors (Lipinski definition) is 2. The van der Waals surface area contributed by atoms with Crippen molar-refractivity contribution in [2.75, 3.05) is 0 Å². The first-order valence-corrected chi connectivity index (χ1v) is 4.46. The Morgan fingerprint density at radius 1 is 1.42 bits per heavy atom. The van der Waals surface area contributed by atoms with Crippen molar-refractivity contribution in [1.82, 2.24) is 0 Å². The highest BCUT2D eigenvalue weighted by Gasteiger charge is 2.31. The molecule has 1 aromatic rings. The van der Waals surface area contributed by atoms with Crippen LogP contribution in [0.1, 0.15) is 32.1 Å². The summed E-state index contributed by atoms with van der Waals surface area (Å²) >= 11 is 0. The van der Waals surface area contributed by atoms with Gasteiger partial charge in [-0.1, -0.05) is 6.92 Å². The molecule has 1 aromatic heterocycles. The van der Waals surface area contributed by atoms with Crippen molar-refractivity contribution in [3.05, 3.63) is 24.2 Å². The standard InChI is InChI=1S/C10H14O2/c1-7-6-10(12-8(7)2)9-4-3-5-11-9/h3-5,7-8,10H,6H2,1-2H3/t7-,8+,10-/m1/s1. The molecule has 1 saturated heterocycles. The van der Waals surface area contributed by atoms with E-state index in [0.29, 0.717) is 12.0 Å². The normalized spacial score (nSPS) is 35.7. The molecule has 0 aromatic carbocycles. The van der Waals surface area contributed by atoms with Crippen molar-refractivity contribution < 1.29 is 9.15 Å². The van der Waals surface area contributed by atoms with Crippen LogP contribution in [0.5, 0.6) is 0 Å². The molecule has 2 nitrogen and oxygen atoms in total. The maximum Gasteiger partial charge on any atom is 0.132 e. The monoisotopic (exact) mass is 166 g/mol. The molecule has 1 aliphatic heterocycles. The zero-order valence-corrected chi connectivity index (χ0v) is 7.49. The Bertz CT molecular complexity index is 230. The van der Waals surface area contributed by atoms with Gasteiger partial charge in [0.15, 0.2) is 0 Å². The second-order valence-corrected chi connectivity index (χ2v) is 3.56. The molecule has 0 N–H and O–H groups in total. The number of ether oxygens (including phenoxy) is 1. The van der Waals surface area contributed by atoms with Crippen LogP contribution in [0.2, 0.25) is 0 Å². The van der Waals surface area contributed by atoms with Crippen molar-refractivity contribution >= 4 is 0 Å². The van der Waals surface area contributed by atoms with Crippen LogP contribution in [0, 0.1) is 5.92 Å². The van der Waals surface area contributed by atoms with E-state index in [4.69, 9.17) is 9.15 Å². The molecule has 66 valence electrons. The summed E-state index contributed by atoms with van der Waals surface area (Å²) in [6, 6.07) is 3.89. The third-order valence-corrected chi connectivity index (χ3v) is 2.63. The minimum Gasteiger partial charge on any atom is -0.467 e. The maximum absolute atomic E-state index is 5.72. The van der Waals surface area contributed by atoms with Crippen LogP contribution < -0.4 is 0 Å². The van der Waals surface area contributed by atoms with Gasteiger partial charge in [-0.3, -0.25) is 0 Å². The Labute approximate surface area is 72.5 Å². The second-order valence-electron chi connectivity index (χ2n) is 3.56. The predicted molar refractivity (Wildman–Crippen MR) is 45.8 cm³/mol. The van der Waals surface area contributed by atoms with Gasteiger partial charge in [0.1, 0.15) is 11.9 Å². The van der Waals surface area contributed by atoms with E-state index < -0.39 is 0 Å². The fourth-order valence-electron chi connectivity index (χ4n) is 1.64. The molecule has 0 bridgehead atoms. The minimum absolute atomic E-state index is 0.185. The molecule has 0 radical (unpaired) electrons. The van der Waals surface area contributed by atoms with Crippen molar-refractivity contribution in [3.8, 4) is 0 Å². The highest BCUT2D eigenvalue weighted by atomic mass is 16.5. The number of hydrogen-bond donors (Lipinski definition) is 0. The summed E-state index contributed by atoms with van der Waals surface area (Å²) in [7, 11) is 0. The van der Waals surface area contributed by atoms with Gasteiger partial charge in [-0.05, 0) is 31.4 Å². The van der Waals surface area contributed by atoms with E-state index in [0.717, 1.165) is 12.2 Å². The Kier molecular flexibility index (Phi) is 1.93. The summed E-state index contributed by atoms with van der Waals surface area (Å²) < 4.78 is 11.0. The fraction of sp³-hybridized carbons (Fsp3) is 0.600. The van der Waals surface area contributed by atoms with Crippen LogP contribution >= 0.6 is 0 Å². The third kappa shape index (κ3) is 1.27. The minimum atomic E-state index is 0.185. The largest absolute Gasteiger partial charge is 0.467 e. The number of rotatable bonds is 1. The van der Waals surface area contributed by atoms with Crippen LogP contribution in [0.15, 0.2) is 22.8 Å². The highest BCUT2D eigenvalue weighted by molar-refractivity contribution is 5.04. The first-order valence-electron chi connectivity index (χ1n) is 4.46. The van der Waals surface area contributed by atoms with Gasteiger partial charge in [0.2, 0.25) is 0 Å². The topological polar surface area (TPSA) is 22.4 Å². The molecule has 3 atom stereocenters. The van der Waals surface area contributed by atoms with Gasteiger partial charge >= 0.3 is 0 Å². The summed E-state index contributed by atoms with van der Waals surface area (Å²) in [5.74, 6) is 1.60. The molecule has 0 amide bonds. The quantitative estimate of drug-likeness (QED) is 0.640. The third-order valence-electron chi connectivity index (χ3n) is 2.63. The summed E-state index contributed by atoms with van der Waals surface area (Å²) in [6.45, 7) is 4.33. The molecule has 0 spiro atoms. The summed E-state index contributed by atoms with van der Waals surface area (Å²) in [6.07, 6.45) is 3.33. The number of furan rings is 1. The maximum atomic E-state index is 5.72. The zero-order valence-electron chi connectivity index (χ0n) is 7.49. The molecule has 2 heterocycles. The Morgan fingerprint density at radius 3 is 2.75 bits per heavy atom. The van der Waals surface area contributed by atoms with Crippen molar-refractivity contribution in [2.24, 2.45) is 5.92 Å². The molecule has 0 aliphatic carbocycles.